The van der Waals surface area contributed by atoms with Crippen LogP contribution >= 0.6 is 0 Å². The fourth-order valence-corrected chi connectivity index (χ4v) is 6.42. The van der Waals surface area contributed by atoms with Crippen LogP contribution in [0, 0.1) is 0 Å². The van der Waals surface area contributed by atoms with Crippen LogP contribution in [-0.2, 0) is 14.3 Å². The van der Waals surface area contributed by atoms with E-state index in [0.717, 1.165) is 45.4 Å². The van der Waals surface area contributed by atoms with Crippen molar-refractivity contribution in [1.82, 2.24) is 10.2 Å². The van der Waals surface area contributed by atoms with Crippen LogP contribution < -0.4 is 5.32 Å². The first kappa shape index (κ1) is 30.6. The molecule has 0 radical (unpaired) electrons. The molecule has 0 unspecified atom stereocenters. The number of alkyl halides is 6. The Morgan fingerprint density at radius 1 is 0.800 bits per heavy atom. The van der Waals surface area contributed by atoms with Gasteiger partial charge < -0.3 is 5.32 Å². The highest BCUT2D eigenvalue weighted by molar-refractivity contribution is 7.87. The van der Waals surface area contributed by atoms with Gasteiger partial charge in [-0.25, -0.2) is 0 Å². The number of hydrogen-bond donors (Lipinski definition) is 1. The Hall–Kier alpha value is -0.590. The van der Waals surface area contributed by atoms with Gasteiger partial charge in [-0.3, -0.25) is 9.08 Å². The first-order chi connectivity index (χ1) is 16.2. The van der Waals surface area contributed by atoms with Crippen molar-refractivity contribution in [3.63, 3.8) is 0 Å². The van der Waals surface area contributed by atoms with Crippen molar-refractivity contribution in [2.45, 2.75) is 120 Å². The summed E-state index contributed by atoms with van der Waals surface area (Å²) in [5.41, 5.74) is -4.77. The molecule has 1 N–H and O–H groups in total. The lowest BCUT2D eigenvalue weighted by atomic mass is 9.80. The van der Waals surface area contributed by atoms with Gasteiger partial charge in [-0.05, 0) is 71.4 Å². The third kappa shape index (κ3) is 9.34. The molecule has 208 valence electrons. The van der Waals surface area contributed by atoms with Crippen molar-refractivity contribution in [1.29, 1.82) is 0 Å². The van der Waals surface area contributed by atoms with Gasteiger partial charge in [0.2, 0.25) is 0 Å². The number of halogens is 6. The van der Waals surface area contributed by atoms with Gasteiger partial charge >= 0.3 is 21.8 Å². The predicted octanol–water partition coefficient (Wildman–Crippen LogP) is 6.29. The van der Waals surface area contributed by atoms with Crippen LogP contribution in [0.3, 0.4) is 0 Å². The molecule has 2 saturated heterocycles. The molecular formula is C23H40F6N2O3S. The molecule has 0 aromatic rings. The highest BCUT2D eigenvalue weighted by Gasteiger charge is 2.47. The van der Waals surface area contributed by atoms with Crippen LogP contribution in [-0.4, -0.2) is 62.3 Å². The summed E-state index contributed by atoms with van der Waals surface area (Å²) in [6, 6.07) is 0. The minimum Gasteiger partial charge on any atom is -0.311 e. The molecule has 0 aromatic heterocycles. The zero-order chi connectivity index (χ0) is 26.2. The molecule has 2 aliphatic carbocycles. The van der Waals surface area contributed by atoms with Crippen molar-refractivity contribution in [3.8, 4) is 0 Å². The van der Waals surface area contributed by atoms with Crippen LogP contribution in [0.4, 0.5) is 26.3 Å². The van der Waals surface area contributed by atoms with Crippen molar-refractivity contribution in [3.05, 3.63) is 0 Å². The van der Waals surface area contributed by atoms with E-state index < -0.39 is 35.0 Å². The third-order valence-corrected chi connectivity index (χ3v) is 8.71. The Balaban J connectivity index is 0.000000192. The standard InChI is InChI=1S/C11H18F3N.C9H17N.C3H5F3O3S/c12-11(13,14)9-15-8-4-7-10(15)5-2-1-3-6-10;1-2-5-9(6-3-1)7-4-8-10-9;1-2-9-10(7,8)3(4,5)6/h1-9H2;10H,1-8H2;2H2,1H3. The van der Waals surface area contributed by atoms with E-state index in [2.05, 4.69) is 9.50 Å². The summed E-state index contributed by atoms with van der Waals surface area (Å²) < 4.78 is 94.4. The van der Waals surface area contributed by atoms with Gasteiger partial charge in [0.15, 0.2) is 0 Å². The summed E-state index contributed by atoms with van der Waals surface area (Å²) in [7, 11) is -5.35. The SMILES string of the molecule is C1CCC2(CC1)CCCN2.CCOS(=O)(=O)C(F)(F)F.FC(F)(F)CN1CCCC12CCCCC2. The number of likely N-dealkylation sites (tertiary alicyclic amines) is 1. The molecule has 4 rings (SSSR count). The monoisotopic (exact) mass is 538 g/mol. The lowest BCUT2D eigenvalue weighted by molar-refractivity contribution is -0.156. The molecule has 2 heterocycles. The van der Waals surface area contributed by atoms with E-state index in [0.29, 0.717) is 12.1 Å². The van der Waals surface area contributed by atoms with Gasteiger partial charge in [-0.1, -0.05) is 38.5 Å². The lowest BCUT2D eigenvalue weighted by Gasteiger charge is -2.42. The van der Waals surface area contributed by atoms with E-state index in [9.17, 15) is 34.8 Å². The lowest BCUT2D eigenvalue weighted by Crippen LogP contribution is -2.49. The largest absolute Gasteiger partial charge is 0.523 e. The Morgan fingerprint density at radius 2 is 1.31 bits per heavy atom. The van der Waals surface area contributed by atoms with Crippen molar-refractivity contribution in [2.75, 3.05) is 26.2 Å². The number of hydrogen-bond acceptors (Lipinski definition) is 5. The maximum absolute atomic E-state index is 12.4. The Morgan fingerprint density at radius 3 is 1.74 bits per heavy atom. The van der Waals surface area contributed by atoms with E-state index in [4.69, 9.17) is 0 Å². The van der Waals surface area contributed by atoms with Gasteiger partial charge in [0, 0.05) is 11.1 Å². The fraction of sp³-hybridized carbons (Fsp3) is 1.00. The summed E-state index contributed by atoms with van der Waals surface area (Å²) in [5.74, 6) is 0. The normalized spacial score (nSPS) is 24.5. The van der Waals surface area contributed by atoms with Gasteiger partial charge in [-0.15, -0.1) is 0 Å². The highest BCUT2D eigenvalue weighted by atomic mass is 32.2. The second kappa shape index (κ2) is 12.8. The zero-order valence-electron chi connectivity index (χ0n) is 20.6. The maximum Gasteiger partial charge on any atom is 0.523 e. The quantitative estimate of drug-likeness (QED) is 0.260. The van der Waals surface area contributed by atoms with E-state index in [1.165, 1.54) is 57.9 Å². The summed E-state index contributed by atoms with van der Waals surface area (Å²) >= 11 is 0. The van der Waals surface area contributed by atoms with Crippen molar-refractivity contribution < 1.29 is 38.9 Å². The van der Waals surface area contributed by atoms with Gasteiger partial charge in [0.05, 0.1) is 13.2 Å². The van der Waals surface area contributed by atoms with Crippen LogP contribution in [0.5, 0.6) is 0 Å². The maximum atomic E-state index is 12.4. The molecule has 12 heteroatoms. The van der Waals surface area contributed by atoms with Crippen molar-refractivity contribution in [2.24, 2.45) is 0 Å². The molecule has 0 bridgehead atoms. The molecule has 4 fully saturated rings. The van der Waals surface area contributed by atoms with Gasteiger partial charge in [0.25, 0.3) is 0 Å². The second-order valence-corrected chi connectivity index (χ2v) is 11.7. The molecule has 2 spiro atoms. The van der Waals surface area contributed by atoms with E-state index >= 15 is 0 Å². The molecule has 35 heavy (non-hydrogen) atoms. The second-order valence-electron chi connectivity index (χ2n) is 10.1. The average molecular weight is 539 g/mol. The zero-order valence-corrected chi connectivity index (χ0v) is 21.4. The highest BCUT2D eigenvalue weighted by Crippen LogP contribution is 2.42. The Labute approximate surface area is 205 Å². The van der Waals surface area contributed by atoms with Crippen LogP contribution in [0.1, 0.15) is 96.8 Å². The van der Waals surface area contributed by atoms with Gasteiger partial charge in [-0.2, -0.15) is 34.8 Å². The molecule has 2 saturated carbocycles. The molecule has 4 aliphatic rings. The van der Waals surface area contributed by atoms with E-state index in [1.807, 2.05) is 0 Å². The molecule has 0 aromatic carbocycles. The number of nitrogens with zero attached hydrogens (tertiary/aromatic N) is 1. The Kier molecular flexibility index (Phi) is 11.2. The first-order valence-electron chi connectivity index (χ1n) is 12.8. The van der Waals surface area contributed by atoms with Crippen molar-refractivity contribution >= 4 is 10.1 Å². The van der Waals surface area contributed by atoms with Crippen LogP contribution in [0.2, 0.25) is 0 Å². The topological polar surface area (TPSA) is 58.6 Å². The molecule has 0 amide bonds. The molecule has 2 aliphatic heterocycles. The Bertz CT molecular complexity index is 723. The molecular weight excluding hydrogens is 498 g/mol. The average Bonchev–Trinajstić information content (AvgIpc) is 3.36. The first-order valence-corrected chi connectivity index (χ1v) is 14.2. The summed E-state index contributed by atoms with van der Waals surface area (Å²) in [5, 5.41) is 3.67. The fourth-order valence-electron chi connectivity index (χ4n) is 5.98. The van der Waals surface area contributed by atoms with E-state index in [-0.39, 0.29) is 5.54 Å². The summed E-state index contributed by atoms with van der Waals surface area (Å²) in [4.78, 5) is 1.70. The minimum absolute atomic E-state index is 0.0895. The third-order valence-electron chi connectivity index (χ3n) is 7.59. The van der Waals surface area contributed by atoms with Gasteiger partial charge in [0.1, 0.15) is 0 Å². The number of nitrogens with one attached hydrogen (secondary N) is 1. The predicted molar refractivity (Wildman–Crippen MR) is 122 cm³/mol. The smallest absolute Gasteiger partial charge is 0.311 e. The number of rotatable bonds is 3. The summed E-state index contributed by atoms with van der Waals surface area (Å²) in [6.45, 7) is 1.86. The van der Waals surface area contributed by atoms with Crippen LogP contribution in [0.15, 0.2) is 0 Å². The molecule has 0 atom stereocenters. The van der Waals surface area contributed by atoms with Crippen LogP contribution in [0.25, 0.3) is 0 Å². The van der Waals surface area contributed by atoms with E-state index in [1.54, 1.807) is 4.90 Å². The minimum atomic E-state index is -5.35. The summed E-state index contributed by atoms with van der Waals surface area (Å²) in [6.07, 6.45) is 13.4. The molecule has 5 nitrogen and oxygen atoms in total.